The molecule has 0 atom stereocenters. The average Bonchev–Trinajstić information content (AvgIpc) is 2.33. The van der Waals surface area contributed by atoms with Crippen LogP contribution in [-0.2, 0) is 6.61 Å². The number of rotatable bonds is 3. The molecule has 1 aromatic carbocycles. The van der Waals surface area contributed by atoms with E-state index in [9.17, 15) is 4.39 Å². The van der Waals surface area contributed by atoms with Crippen LogP contribution in [0.25, 0.3) is 0 Å². The summed E-state index contributed by atoms with van der Waals surface area (Å²) >= 11 is 0. The lowest BCUT2D eigenvalue weighted by atomic mass is 10.2. The molecule has 2 aromatic rings. The summed E-state index contributed by atoms with van der Waals surface area (Å²) in [6, 6.07) is 8.35. The summed E-state index contributed by atoms with van der Waals surface area (Å²) < 4.78 is 18.9. The Morgan fingerprint density at radius 3 is 2.88 bits per heavy atom. The summed E-state index contributed by atoms with van der Waals surface area (Å²) in [6.45, 7) is 2.05. The second kappa shape index (κ2) is 4.82. The molecule has 2 rings (SSSR count). The predicted molar refractivity (Wildman–Crippen MR) is 64.1 cm³/mol. The topological polar surface area (TPSA) is 48.1 Å². The highest BCUT2D eigenvalue weighted by Gasteiger charge is 2.07. The van der Waals surface area contributed by atoms with Gasteiger partial charge in [-0.05, 0) is 30.7 Å². The van der Waals surface area contributed by atoms with Gasteiger partial charge in [0.2, 0.25) is 0 Å². The third-order valence-electron chi connectivity index (χ3n) is 2.42. The predicted octanol–water partition coefficient (Wildman–Crippen LogP) is 2.69. The molecule has 17 heavy (non-hydrogen) atoms. The molecule has 0 spiro atoms. The fraction of sp³-hybridized carbons (Fsp3) is 0.154. The van der Waals surface area contributed by atoms with E-state index < -0.39 is 5.82 Å². The Hall–Kier alpha value is -2.10. The summed E-state index contributed by atoms with van der Waals surface area (Å²) in [5, 5.41) is 0. The van der Waals surface area contributed by atoms with Crippen LogP contribution in [0.2, 0.25) is 0 Å². The number of ether oxygens (including phenoxy) is 1. The number of nitrogens with zero attached hydrogens (tertiary/aromatic N) is 1. The lowest BCUT2D eigenvalue weighted by Gasteiger charge is -2.09. The average molecular weight is 232 g/mol. The number of anilines is 1. The first-order chi connectivity index (χ1) is 8.16. The van der Waals surface area contributed by atoms with Crippen LogP contribution in [0.5, 0.6) is 5.75 Å². The number of benzene rings is 1. The fourth-order valence-electron chi connectivity index (χ4n) is 1.42. The lowest BCUT2D eigenvalue weighted by molar-refractivity contribution is 0.286. The number of nitrogen functional groups attached to an aromatic ring is 1. The number of hydrogen-bond donors (Lipinski definition) is 1. The Balaban J connectivity index is 2.12. The molecule has 0 fully saturated rings. The van der Waals surface area contributed by atoms with Crippen molar-refractivity contribution in [3.8, 4) is 5.75 Å². The molecule has 0 radical (unpaired) electrons. The number of halogens is 1. The van der Waals surface area contributed by atoms with E-state index in [1.54, 1.807) is 12.3 Å². The zero-order valence-electron chi connectivity index (χ0n) is 9.48. The largest absolute Gasteiger partial charge is 0.484 e. The van der Waals surface area contributed by atoms with Gasteiger partial charge in [0, 0.05) is 18.0 Å². The van der Waals surface area contributed by atoms with Crippen molar-refractivity contribution in [3.05, 3.63) is 53.6 Å². The van der Waals surface area contributed by atoms with Gasteiger partial charge in [-0.2, -0.15) is 0 Å². The summed E-state index contributed by atoms with van der Waals surface area (Å²) in [4.78, 5) is 4.09. The van der Waals surface area contributed by atoms with Crippen LogP contribution in [-0.4, -0.2) is 4.98 Å². The maximum absolute atomic E-state index is 13.5. The monoisotopic (exact) mass is 232 g/mol. The molecule has 0 aliphatic rings. The van der Waals surface area contributed by atoms with Crippen molar-refractivity contribution in [1.82, 2.24) is 4.98 Å². The van der Waals surface area contributed by atoms with E-state index in [1.165, 1.54) is 6.07 Å². The first-order valence-electron chi connectivity index (χ1n) is 5.25. The highest BCUT2D eigenvalue weighted by Crippen LogP contribution is 2.24. The number of hydrogen-bond acceptors (Lipinski definition) is 3. The first-order valence-corrected chi connectivity index (χ1v) is 5.25. The molecule has 0 aliphatic carbocycles. The van der Waals surface area contributed by atoms with Crippen molar-refractivity contribution in [1.29, 1.82) is 0 Å². The van der Waals surface area contributed by atoms with Crippen molar-refractivity contribution < 1.29 is 9.13 Å². The molecule has 0 bridgehead atoms. The highest BCUT2D eigenvalue weighted by atomic mass is 19.1. The maximum atomic E-state index is 13.5. The van der Waals surface area contributed by atoms with E-state index in [0.29, 0.717) is 5.69 Å². The smallest absolute Gasteiger partial charge is 0.167 e. The van der Waals surface area contributed by atoms with Crippen molar-refractivity contribution in [3.63, 3.8) is 0 Å². The van der Waals surface area contributed by atoms with Gasteiger partial charge in [-0.15, -0.1) is 0 Å². The van der Waals surface area contributed by atoms with E-state index in [4.69, 9.17) is 10.5 Å². The summed E-state index contributed by atoms with van der Waals surface area (Å²) in [5.41, 5.74) is 7.56. The standard InChI is InChI=1S/C13H13FN2O/c1-9-6-13(11(14)7-12(9)15)17-8-10-4-2-3-5-16-10/h2-7H,8,15H2,1H3. The van der Waals surface area contributed by atoms with Gasteiger partial charge in [0.25, 0.3) is 0 Å². The molecule has 4 heteroatoms. The van der Waals surface area contributed by atoms with Crippen LogP contribution in [0, 0.1) is 12.7 Å². The molecule has 2 N–H and O–H groups in total. The summed E-state index contributed by atoms with van der Waals surface area (Å²) in [6.07, 6.45) is 1.67. The molecule has 0 aliphatic heterocycles. The third-order valence-corrected chi connectivity index (χ3v) is 2.42. The minimum Gasteiger partial charge on any atom is -0.484 e. The van der Waals surface area contributed by atoms with Gasteiger partial charge in [-0.3, -0.25) is 4.98 Å². The van der Waals surface area contributed by atoms with Gasteiger partial charge in [0.05, 0.1) is 5.69 Å². The minimum atomic E-state index is -0.455. The van der Waals surface area contributed by atoms with Crippen molar-refractivity contribution in [2.24, 2.45) is 0 Å². The Labute approximate surface area is 99.1 Å². The Morgan fingerprint density at radius 1 is 1.35 bits per heavy atom. The zero-order chi connectivity index (χ0) is 12.3. The maximum Gasteiger partial charge on any atom is 0.167 e. The molecule has 0 saturated heterocycles. The summed E-state index contributed by atoms with van der Waals surface area (Å²) in [5.74, 6) is -0.258. The molecule has 1 aromatic heterocycles. The van der Waals surface area contributed by atoms with Crippen LogP contribution in [0.1, 0.15) is 11.3 Å². The quantitative estimate of drug-likeness (QED) is 0.828. The normalized spacial score (nSPS) is 10.2. The first kappa shape index (κ1) is 11.4. The Kier molecular flexibility index (Phi) is 3.23. The number of pyridine rings is 1. The third kappa shape index (κ3) is 2.72. The van der Waals surface area contributed by atoms with E-state index in [2.05, 4.69) is 4.98 Å². The molecule has 0 saturated carbocycles. The van der Waals surface area contributed by atoms with Crippen LogP contribution in [0.4, 0.5) is 10.1 Å². The van der Waals surface area contributed by atoms with Gasteiger partial charge in [0.1, 0.15) is 6.61 Å². The van der Waals surface area contributed by atoms with E-state index >= 15 is 0 Å². The zero-order valence-corrected chi connectivity index (χ0v) is 9.48. The molecule has 0 amide bonds. The second-order valence-corrected chi connectivity index (χ2v) is 3.75. The van der Waals surface area contributed by atoms with Crippen molar-refractivity contribution in [2.45, 2.75) is 13.5 Å². The SMILES string of the molecule is Cc1cc(OCc2ccccn2)c(F)cc1N. The van der Waals surface area contributed by atoms with Gasteiger partial charge in [-0.25, -0.2) is 4.39 Å². The molecule has 3 nitrogen and oxygen atoms in total. The van der Waals surface area contributed by atoms with E-state index in [0.717, 1.165) is 11.3 Å². The fourth-order valence-corrected chi connectivity index (χ4v) is 1.42. The van der Waals surface area contributed by atoms with Crippen LogP contribution < -0.4 is 10.5 Å². The van der Waals surface area contributed by atoms with Crippen LogP contribution in [0.15, 0.2) is 36.5 Å². The van der Waals surface area contributed by atoms with Gasteiger partial charge < -0.3 is 10.5 Å². The molecular weight excluding hydrogens is 219 g/mol. The molecular formula is C13H13FN2O. The van der Waals surface area contributed by atoms with Gasteiger partial charge >= 0.3 is 0 Å². The second-order valence-electron chi connectivity index (χ2n) is 3.75. The van der Waals surface area contributed by atoms with E-state index in [1.807, 2.05) is 25.1 Å². The number of aromatic nitrogens is 1. The molecule has 88 valence electrons. The Morgan fingerprint density at radius 2 is 2.18 bits per heavy atom. The minimum absolute atomic E-state index is 0.197. The van der Waals surface area contributed by atoms with Crippen molar-refractivity contribution in [2.75, 3.05) is 5.73 Å². The van der Waals surface area contributed by atoms with E-state index in [-0.39, 0.29) is 12.4 Å². The van der Waals surface area contributed by atoms with Gasteiger partial charge in [-0.1, -0.05) is 6.07 Å². The lowest BCUT2D eigenvalue weighted by Crippen LogP contribution is -2.01. The summed E-state index contributed by atoms with van der Waals surface area (Å²) in [7, 11) is 0. The molecule has 1 heterocycles. The molecule has 0 unspecified atom stereocenters. The van der Waals surface area contributed by atoms with Crippen molar-refractivity contribution >= 4 is 5.69 Å². The Bertz CT molecular complexity index is 514. The van der Waals surface area contributed by atoms with Gasteiger partial charge in [0.15, 0.2) is 11.6 Å². The van der Waals surface area contributed by atoms with Crippen LogP contribution >= 0.6 is 0 Å². The number of nitrogens with two attached hydrogens (primary N) is 1. The highest BCUT2D eigenvalue weighted by molar-refractivity contribution is 5.50. The number of aryl methyl sites for hydroxylation is 1. The van der Waals surface area contributed by atoms with Crippen LogP contribution in [0.3, 0.4) is 0 Å².